The number of hydrogen-bond acceptors (Lipinski definition) is 4. The van der Waals surface area contributed by atoms with Crippen LogP contribution < -0.4 is 5.32 Å². The van der Waals surface area contributed by atoms with E-state index in [9.17, 15) is 4.79 Å². The number of nitrogens with zero attached hydrogens (tertiary/aromatic N) is 2. The van der Waals surface area contributed by atoms with E-state index in [1.807, 2.05) is 18.2 Å². The van der Waals surface area contributed by atoms with Gasteiger partial charge in [-0.3, -0.25) is 4.79 Å². The van der Waals surface area contributed by atoms with E-state index in [1.165, 1.54) is 0 Å². The Bertz CT molecular complexity index is 816. The number of carbonyl (C=O) groups excluding carboxylic acids is 1. The number of thiazole rings is 1. The summed E-state index contributed by atoms with van der Waals surface area (Å²) in [6, 6.07) is 3.81. The number of H-pyrrole nitrogens is 1. The summed E-state index contributed by atoms with van der Waals surface area (Å²) in [6.45, 7) is 0. The Morgan fingerprint density at radius 3 is 3.11 bits per heavy atom. The Morgan fingerprint density at radius 1 is 1.32 bits per heavy atom. The molecule has 19 heavy (non-hydrogen) atoms. The number of anilines is 1. The maximum absolute atomic E-state index is 12.1. The van der Waals surface area contributed by atoms with Crippen LogP contribution in [0, 0.1) is 0 Å². The molecule has 0 aliphatic carbocycles. The van der Waals surface area contributed by atoms with E-state index in [0.29, 0.717) is 5.57 Å². The molecule has 2 aromatic heterocycles. The van der Waals surface area contributed by atoms with Gasteiger partial charge in [0, 0.05) is 5.56 Å². The number of amides is 1. The molecular formula is C13H8N4OS. The van der Waals surface area contributed by atoms with Gasteiger partial charge in [-0.05, 0) is 18.2 Å². The molecule has 0 unspecified atom stereocenters. The van der Waals surface area contributed by atoms with E-state index in [2.05, 4.69) is 20.3 Å². The zero-order valence-corrected chi connectivity index (χ0v) is 10.5. The van der Waals surface area contributed by atoms with Gasteiger partial charge in [-0.15, -0.1) is 11.3 Å². The molecule has 3 aromatic rings. The first-order chi connectivity index (χ1) is 9.33. The van der Waals surface area contributed by atoms with Crippen LogP contribution in [0.5, 0.6) is 0 Å². The molecule has 0 radical (unpaired) electrons. The van der Waals surface area contributed by atoms with Crippen molar-refractivity contribution >= 4 is 44.8 Å². The molecule has 92 valence electrons. The highest BCUT2D eigenvalue weighted by Crippen LogP contribution is 2.39. The van der Waals surface area contributed by atoms with Gasteiger partial charge in [-0.25, -0.2) is 9.97 Å². The van der Waals surface area contributed by atoms with Crippen LogP contribution >= 0.6 is 11.3 Å². The summed E-state index contributed by atoms with van der Waals surface area (Å²) in [4.78, 5) is 23.3. The van der Waals surface area contributed by atoms with Crippen LogP contribution in [-0.2, 0) is 4.79 Å². The number of aromatic amines is 1. The summed E-state index contributed by atoms with van der Waals surface area (Å²) >= 11 is 1.54. The van der Waals surface area contributed by atoms with E-state index in [4.69, 9.17) is 0 Å². The Kier molecular flexibility index (Phi) is 2.07. The molecule has 1 aliphatic heterocycles. The van der Waals surface area contributed by atoms with Gasteiger partial charge in [0.05, 0.1) is 45.2 Å². The van der Waals surface area contributed by atoms with Crippen molar-refractivity contribution in [3.8, 4) is 0 Å². The molecule has 2 N–H and O–H groups in total. The minimum atomic E-state index is -0.0921. The summed E-state index contributed by atoms with van der Waals surface area (Å²) in [5.41, 5.74) is 5.93. The number of carbonyl (C=O) groups is 1. The highest BCUT2D eigenvalue weighted by molar-refractivity contribution is 7.17. The summed E-state index contributed by atoms with van der Waals surface area (Å²) in [6.07, 6.45) is 5.09. The quantitative estimate of drug-likeness (QED) is 0.666. The summed E-state index contributed by atoms with van der Waals surface area (Å²) in [5.74, 6) is -0.0921. The fraction of sp³-hybridized carbons (Fsp3) is 0. The van der Waals surface area contributed by atoms with Gasteiger partial charge >= 0.3 is 0 Å². The van der Waals surface area contributed by atoms with E-state index in [-0.39, 0.29) is 5.91 Å². The van der Waals surface area contributed by atoms with Gasteiger partial charge in [0.15, 0.2) is 0 Å². The predicted octanol–water partition coefficient (Wildman–Crippen LogP) is 2.51. The van der Waals surface area contributed by atoms with Crippen LogP contribution in [0.25, 0.3) is 21.9 Å². The number of rotatable bonds is 1. The van der Waals surface area contributed by atoms with Crippen molar-refractivity contribution in [2.45, 2.75) is 0 Å². The Hall–Kier alpha value is -2.47. The van der Waals surface area contributed by atoms with Gasteiger partial charge in [-0.1, -0.05) is 0 Å². The maximum Gasteiger partial charge on any atom is 0.256 e. The number of fused-ring (bicyclic) bond motifs is 3. The zero-order chi connectivity index (χ0) is 12.8. The van der Waals surface area contributed by atoms with Crippen molar-refractivity contribution in [1.29, 1.82) is 0 Å². The zero-order valence-electron chi connectivity index (χ0n) is 9.68. The lowest BCUT2D eigenvalue weighted by Crippen LogP contribution is -2.03. The van der Waals surface area contributed by atoms with E-state index >= 15 is 0 Å². The lowest BCUT2D eigenvalue weighted by atomic mass is 10.1. The summed E-state index contributed by atoms with van der Waals surface area (Å²) < 4.78 is 1.03. The highest BCUT2D eigenvalue weighted by Gasteiger charge is 2.27. The SMILES string of the molecule is O=C1Nc2ccc3ncsc3c2/C1=C\c1cnc[nH]1. The third-order valence-corrected chi connectivity index (χ3v) is 3.94. The monoisotopic (exact) mass is 268 g/mol. The maximum atomic E-state index is 12.1. The van der Waals surface area contributed by atoms with Crippen LogP contribution in [-0.4, -0.2) is 20.9 Å². The Balaban J connectivity index is 2.00. The van der Waals surface area contributed by atoms with E-state index in [1.54, 1.807) is 29.4 Å². The lowest BCUT2D eigenvalue weighted by Gasteiger charge is -1.99. The molecule has 0 saturated heterocycles. The number of aromatic nitrogens is 3. The third-order valence-electron chi connectivity index (χ3n) is 3.08. The molecule has 0 bridgehead atoms. The van der Waals surface area contributed by atoms with Crippen LogP contribution in [0.15, 0.2) is 30.2 Å². The van der Waals surface area contributed by atoms with Crippen LogP contribution in [0.2, 0.25) is 0 Å². The van der Waals surface area contributed by atoms with Crippen molar-refractivity contribution < 1.29 is 4.79 Å². The number of imidazole rings is 1. The number of benzene rings is 1. The largest absolute Gasteiger partial charge is 0.345 e. The first-order valence-electron chi connectivity index (χ1n) is 5.71. The average Bonchev–Trinajstić information content (AvgIpc) is 3.10. The predicted molar refractivity (Wildman–Crippen MR) is 74.7 cm³/mol. The second-order valence-electron chi connectivity index (χ2n) is 4.21. The molecule has 5 nitrogen and oxygen atoms in total. The summed E-state index contributed by atoms with van der Waals surface area (Å²) in [5, 5.41) is 2.88. The summed E-state index contributed by atoms with van der Waals surface area (Å²) in [7, 11) is 0. The second-order valence-corrected chi connectivity index (χ2v) is 5.06. The van der Waals surface area contributed by atoms with Crippen molar-refractivity contribution in [2.24, 2.45) is 0 Å². The highest BCUT2D eigenvalue weighted by atomic mass is 32.1. The van der Waals surface area contributed by atoms with Crippen molar-refractivity contribution in [1.82, 2.24) is 15.0 Å². The minimum Gasteiger partial charge on any atom is -0.345 e. The average molecular weight is 268 g/mol. The first-order valence-corrected chi connectivity index (χ1v) is 6.59. The standard InChI is InChI=1S/C13H8N4OS/c18-13-8(3-7-4-14-5-15-7)11-9(17-13)1-2-10-12(11)19-6-16-10/h1-6H,(H,14,15)(H,17,18)/b8-3+. The second kappa shape index (κ2) is 3.76. The smallest absolute Gasteiger partial charge is 0.256 e. The van der Waals surface area contributed by atoms with Gasteiger partial charge in [0.25, 0.3) is 5.91 Å². The van der Waals surface area contributed by atoms with Crippen LogP contribution in [0.3, 0.4) is 0 Å². The van der Waals surface area contributed by atoms with Gasteiger partial charge < -0.3 is 10.3 Å². The molecule has 3 heterocycles. The minimum absolute atomic E-state index is 0.0921. The molecule has 0 saturated carbocycles. The first kappa shape index (κ1) is 10.5. The molecule has 6 heteroatoms. The Morgan fingerprint density at radius 2 is 2.26 bits per heavy atom. The number of hydrogen-bond donors (Lipinski definition) is 2. The van der Waals surface area contributed by atoms with E-state index in [0.717, 1.165) is 27.2 Å². The van der Waals surface area contributed by atoms with Gasteiger partial charge in [0.1, 0.15) is 0 Å². The molecule has 1 aromatic carbocycles. The fourth-order valence-electron chi connectivity index (χ4n) is 2.24. The Labute approximate surface area is 112 Å². The molecule has 1 amide bonds. The number of nitrogens with one attached hydrogen (secondary N) is 2. The van der Waals surface area contributed by atoms with Crippen LogP contribution in [0.1, 0.15) is 11.3 Å². The third kappa shape index (κ3) is 1.50. The van der Waals surface area contributed by atoms with Gasteiger partial charge in [0.2, 0.25) is 0 Å². The fourth-order valence-corrected chi connectivity index (χ4v) is 3.09. The van der Waals surface area contributed by atoms with Crippen LogP contribution in [0.4, 0.5) is 5.69 Å². The van der Waals surface area contributed by atoms with Crippen molar-refractivity contribution in [2.75, 3.05) is 5.32 Å². The molecular weight excluding hydrogens is 260 g/mol. The van der Waals surface area contributed by atoms with Crippen molar-refractivity contribution in [3.05, 3.63) is 41.4 Å². The topological polar surface area (TPSA) is 70.7 Å². The molecule has 4 rings (SSSR count). The molecule has 0 spiro atoms. The molecule has 0 atom stereocenters. The van der Waals surface area contributed by atoms with Gasteiger partial charge in [-0.2, -0.15) is 0 Å². The normalized spacial score (nSPS) is 16.0. The molecule has 1 aliphatic rings. The molecule has 0 fully saturated rings. The van der Waals surface area contributed by atoms with E-state index < -0.39 is 0 Å². The van der Waals surface area contributed by atoms with Crippen molar-refractivity contribution in [3.63, 3.8) is 0 Å². The lowest BCUT2D eigenvalue weighted by molar-refractivity contribution is -0.110.